The number of aromatic nitrogens is 1. The Morgan fingerprint density at radius 3 is 2.61 bits per heavy atom. The van der Waals surface area contributed by atoms with Crippen molar-refractivity contribution in [3.05, 3.63) is 59.8 Å². The number of halogens is 2. The first kappa shape index (κ1) is 21.7. The summed E-state index contributed by atoms with van der Waals surface area (Å²) in [6.07, 6.45) is 5.45. The molecule has 31 heavy (non-hydrogen) atoms. The third-order valence-corrected chi connectivity index (χ3v) is 6.37. The number of carbonyl (C=O) groups excluding carboxylic acids is 1. The van der Waals surface area contributed by atoms with E-state index in [4.69, 9.17) is 0 Å². The first-order valence-corrected chi connectivity index (χ1v) is 11.2. The lowest BCUT2D eigenvalue weighted by Crippen LogP contribution is -2.49. The number of pyridine rings is 1. The van der Waals surface area contributed by atoms with E-state index in [-0.39, 0.29) is 5.91 Å². The lowest BCUT2D eigenvalue weighted by atomic mass is 9.92. The fourth-order valence-corrected chi connectivity index (χ4v) is 4.64. The number of rotatable bonds is 6. The largest absolute Gasteiger partial charge is 0.353 e. The standard InChI is InChI=1S/C24H30F2N4O/c25-21-8-6-20(16-22(21)26)18-28-11-3-4-19(17-28)7-9-24(31)30-14-12-29(13-15-30)23-5-1-2-10-27-23/h1-2,5-6,8,10,16,19H,3-4,7,9,11-15,17-18H2. The van der Waals surface area contributed by atoms with Crippen LogP contribution in [0.25, 0.3) is 0 Å². The predicted octanol–water partition coefficient (Wildman–Crippen LogP) is 3.70. The van der Waals surface area contributed by atoms with Crippen LogP contribution in [-0.2, 0) is 11.3 Å². The molecule has 0 radical (unpaired) electrons. The Kier molecular flexibility index (Phi) is 7.12. The zero-order valence-corrected chi connectivity index (χ0v) is 17.9. The summed E-state index contributed by atoms with van der Waals surface area (Å²) in [5.41, 5.74) is 0.793. The van der Waals surface area contributed by atoms with Crippen molar-refractivity contribution < 1.29 is 13.6 Å². The van der Waals surface area contributed by atoms with Crippen LogP contribution in [0.5, 0.6) is 0 Å². The molecular formula is C24H30F2N4O. The molecule has 0 N–H and O–H groups in total. The number of anilines is 1. The van der Waals surface area contributed by atoms with Crippen molar-refractivity contribution in [3.63, 3.8) is 0 Å². The third-order valence-electron chi connectivity index (χ3n) is 6.37. The van der Waals surface area contributed by atoms with Crippen molar-refractivity contribution in [2.45, 2.75) is 32.2 Å². The molecular weight excluding hydrogens is 398 g/mol. The van der Waals surface area contributed by atoms with E-state index in [1.807, 2.05) is 23.1 Å². The van der Waals surface area contributed by atoms with Gasteiger partial charge >= 0.3 is 0 Å². The number of piperidine rings is 1. The highest BCUT2D eigenvalue weighted by atomic mass is 19.2. The second kappa shape index (κ2) is 10.2. The molecule has 1 atom stereocenters. The first-order chi connectivity index (χ1) is 15.1. The van der Waals surface area contributed by atoms with Gasteiger partial charge in [-0.3, -0.25) is 9.69 Å². The molecule has 0 saturated carbocycles. The Labute approximate surface area is 182 Å². The molecule has 0 bridgehead atoms. The molecule has 1 unspecified atom stereocenters. The molecule has 166 valence electrons. The minimum absolute atomic E-state index is 0.235. The van der Waals surface area contributed by atoms with E-state index in [0.29, 0.717) is 18.9 Å². The highest BCUT2D eigenvalue weighted by Crippen LogP contribution is 2.24. The predicted molar refractivity (Wildman–Crippen MR) is 117 cm³/mol. The summed E-state index contributed by atoms with van der Waals surface area (Å²) in [7, 11) is 0. The molecule has 1 amide bonds. The van der Waals surface area contributed by atoms with Crippen molar-refractivity contribution >= 4 is 11.7 Å². The van der Waals surface area contributed by atoms with E-state index in [2.05, 4.69) is 14.8 Å². The molecule has 7 heteroatoms. The maximum atomic E-state index is 13.5. The maximum Gasteiger partial charge on any atom is 0.222 e. The Balaban J connectivity index is 1.21. The highest BCUT2D eigenvalue weighted by molar-refractivity contribution is 5.76. The molecule has 1 aromatic carbocycles. The van der Waals surface area contributed by atoms with E-state index in [1.54, 1.807) is 12.3 Å². The summed E-state index contributed by atoms with van der Waals surface area (Å²) in [4.78, 5) is 23.6. The van der Waals surface area contributed by atoms with Gasteiger partial charge in [0.15, 0.2) is 11.6 Å². The zero-order chi connectivity index (χ0) is 21.6. The van der Waals surface area contributed by atoms with E-state index < -0.39 is 11.6 Å². The van der Waals surface area contributed by atoms with E-state index in [0.717, 1.165) is 69.9 Å². The van der Waals surface area contributed by atoms with Gasteiger partial charge < -0.3 is 9.80 Å². The number of amides is 1. The third kappa shape index (κ3) is 5.79. The van der Waals surface area contributed by atoms with Crippen molar-refractivity contribution in [1.82, 2.24) is 14.8 Å². The first-order valence-electron chi connectivity index (χ1n) is 11.2. The van der Waals surface area contributed by atoms with Crippen molar-refractivity contribution in [2.75, 3.05) is 44.2 Å². The van der Waals surface area contributed by atoms with Crippen molar-refractivity contribution in [1.29, 1.82) is 0 Å². The number of hydrogen-bond donors (Lipinski definition) is 0. The van der Waals surface area contributed by atoms with Crippen molar-refractivity contribution in [3.8, 4) is 0 Å². The number of carbonyl (C=O) groups is 1. The van der Waals surface area contributed by atoms with Gasteiger partial charge in [0.25, 0.3) is 0 Å². The average Bonchev–Trinajstić information content (AvgIpc) is 2.81. The Hall–Kier alpha value is -2.54. The fraction of sp³-hybridized carbons (Fsp3) is 0.500. The minimum Gasteiger partial charge on any atom is -0.353 e. The quantitative estimate of drug-likeness (QED) is 0.704. The minimum atomic E-state index is -0.806. The SMILES string of the molecule is O=C(CCC1CCCN(Cc2ccc(F)c(F)c2)C1)N1CCN(c2ccccn2)CC1. The van der Waals surface area contributed by atoms with Crippen LogP contribution in [0, 0.1) is 17.6 Å². The van der Waals surface area contributed by atoms with Gasteiger partial charge in [-0.1, -0.05) is 12.1 Å². The van der Waals surface area contributed by atoms with Crippen molar-refractivity contribution in [2.24, 2.45) is 5.92 Å². The van der Waals surface area contributed by atoms with Gasteiger partial charge in [0.1, 0.15) is 5.82 Å². The fourth-order valence-electron chi connectivity index (χ4n) is 4.64. The molecule has 4 rings (SSSR count). The van der Waals surface area contributed by atoms with Crippen LogP contribution in [0.2, 0.25) is 0 Å². The molecule has 1 aromatic heterocycles. The van der Waals surface area contributed by atoms with Crippen LogP contribution in [0.1, 0.15) is 31.2 Å². The molecule has 2 aliphatic heterocycles. The summed E-state index contributed by atoms with van der Waals surface area (Å²) in [5.74, 6) is 0.0774. The summed E-state index contributed by atoms with van der Waals surface area (Å²) in [6, 6.07) is 10.0. The van der Waals surface area contributed by atoms with Crippen LogP contribution in [0.4, 0.5) is 14.6 Å². The molecule has 5 nitrogen and oxygen atoms in total. The molecule has 2 fully saturated rings. The summed E-state index contributed by atoms with van der Waals surface area (Å²) >= 11 is 0. The number of piperazine rings is 1. The summed E-state index contributed by atoms with van der Waals surface area (Å²) in [6.45, 7) is 5.59. The molecule has 0 aliphatic carbocycles. The molecule has 3 heterocycles. The summed E-state index contributed by atoms with van der Waals surface area (Å²) < 4.78 is 26.6. The lowest BCUT2D eigenvalue weighted by molar-refractivity contribution is -0.131. The van der Waals surface area contributed by atoms with E-state index >= 15 is 0 Å². The smallest absolute Gasteiger partial charge is 0.222 e. The molecule has 2 saturated heterocycles. The van der Waals surface area contributed by atoms with Gasteiger partial charge in [-0.25, -0.2) is 13.8 Å². The summed E-state index contributed by atoms with van der Waals surface area (Å²) in [5, 5.41) is 0. The molecule has 2 aliphatic rings. The van der Waals surface area contributed by atoms with Gasteiger partial charge in [-0.05, 0) is 61.6 Å². The van der Waals surface area contributed by atoms with Crippen LogP contribution >= 0.6 is 0 Å². The Morgan fingerprint density at radius 2 is 1.87 bits per heavy atom. The number of likely N-dealkylation sites (tertiary alicyclic amines) is 1. The second-order valence-electron chi connectivity index (χ2n) is 8.59. The van der Waals surface area contributed by atoms with Crippen LogP contribution in [0.3, 0.4) is 0 Å². The van der Waals surface area contributed by atoms with E-state index in [9.17, 15) is 13.6 Å². The Morgan fingerprint density at radius 1 is 1.03 bits per heavy atom. The normalized spacial score (nSPS) is 20.1. The van der Waals surface area contributed by atoms with E-state index in [1.165, 1.54) is 12.1 Å². The van der Waals surface area contributed by atoms with Crippen LogP contribution in [-0.4, -0.2) is 60.0 Å². The number of nitrogens with zero attached hydrogens (tertiary/aromatic N) is 4. The molecule has 0 spiro atoms. The second-order valence-corrected chi connectivity index (χ2v) is 8.59. The van der Waals surface area contributed by atoms with Crippen LogP contribution < -0.4 is 4.90 Å². The Bertz CT molecular complexity index is 871. The van der Waals surface area contributed by atoms with Gasteiger partial charge in [0, 0.05) is 51.9 Å². The highest BCUT2D eigenvalue weighted by Gasteiger charge is 2.24. The topological polar surface area (TPSA) is 39.7 Å². The monoisotopic (exact) mass is 428 g/mol. The number of hydrogen-bond acceptors (Lipinski definition) is 4. The zero-order valence-electron chi connectivity index (χ0n) is 17.9. The van der Waals surface area contributed by atoms with Gasteiger partial charge in [0.05, 0.1) is 0 Å². The van der Waals surface area contributed by atoms with Crippen LogP contribution in [0.15, 0.2) is 42.6 Å². The maximum absolute atomic E-state index is 13.5. The number of benzene rings is 1. The van der Waals surface area contributed by atoms with Gasteiger partial charge in [0.2, 0.25) is 5.91 Å². The average molecular weight is 429 g/mol. The lowest BCUT2D eigenvalue weighted by Gasteiger charge is -2.36. The van der Waals surface area contributed by atoms with Gasteiger partial charge in [-0.15, -0.1) is 0 Å². The molecule has 2 aromatic rings. The van der Waals surface area contributed by atoms with Gasteiger partial charge in [-0.2, -0.15) is 0 Å².